The van der Waals surface area contributed by atoms with Crippen molar-refractivity contribution in [3.05, 3.63) is 190 Å². The van der Waals surface area contributed by atoms with E-state index >= 15 is 0 Å². The molecule has 1 aliphatic rings. The molecule has 3 nitrogen and oxygen atoms in total. The van der Waals surface area contributed by atoms with Crippen LogP contribution in [0.3, 0.4) is 0 Å². The van der Waals surface area contributed by atoms with Crippen molar-refractivity contribution in [2.75, 3.05) is 0 Å². The fraction of sp³-hybridized carbons (Fsp3) is 0.313. The summed E-state index contributed by atoms with van der Waals surface area (Å²) in [5.41, 5.74) is 19.3. The number of aromatic nitrogens is 2. The topological polar surface area (TPSA) is 35.0 Å². The Hall–Kier alpha value is -6.45. The van der Waals surface area contributed by atoms with Crippen molar-refractivity contribution >= 4 is 46.2 Å². The van der Waals surface area contributed by atoms with Crippen LogP contribution in [0.2, 0.25) is 0 Å². The van der Waals surface area contributed by atoms with Gasteiger partial charge in [0.2, 0.25) is 13.4 Å². The lowest BCUT2D eigenvalue weighted by Gasteiger charge is -2.38. The molecule has 5 heteroatoms. The van der Waals surface area contributed by atoms with Gasteiger partial charge in [0.15, 0.2) is 0 Å². The molecule has 0 spiro atoms. The molecule has 2 aromatic heterocycles. The van der Waals surface area contributed by atoms with E-state index in [9.17, 15) is 0 Å². The molecule has 0 unspecified atom stereocenters. The molecule has 3 heterocycles. The summed E-state index contributed by atoms with van der Waals surface area (Å²) in [4.78, 5) is 9.84. The van der Waals surface area contributed by atoms with E-state index in [2.05, 4.69) is 192 Å². The molecule has 0 radical (unpaired) electrons. The predicted octanol–water partition coefficient (Wildman–Crippen LogP) is 14.3. The Bertz CT molecular complexity index is 3460. The maximum atomic E-state index is 8.68. The second-order valence-electron chi connectivity index (χ2n) is 22.0. The molecule has 72 heavy (non-hydrogen) atoms. The van der Waals surface area contributed by atoms with Gasteiger partial charge in [0.1, 0.15) is 11.5 Å². The van der Waals surface area contributed by atoms with Gasteiger partial charge in [-0.05, 0) is 154 Å². The summed E-state index contributed by atoms with van der Waals surface area (Å²) in [6.07, 6.45) is 1.90. The zero-order valence-corrected chi connectivity index (χ0v) is 44.7. The molecular formula is C67H74B2N2O. The van der Waals surface area contributed by atoms with E-state index in [-0.39, 0.29) is 42.7 Å². The van der Waals surface area contributed by atoms with E-state index in [1.165, 1.54) is 60.8 Å². The fourth-order valence-electron chi connectivity index (χ4n) is 11.6. The zero-order valence-electron chi connectivity index (χ0n) is 50.7. The second kappa shape index (κ2) is 20.6. The average Bonchev–Trinajstić information content (AvgIpc) is 3.42. The van der Waals surface area contributed by atoms with Crippen LogP contribution < -0.4 is 37.5 Å². The van der Waals surface area contributed by atoms with Gasteiger partial charge in [-0.25, -0.2) is 0 Å². The Balaban J connectivity index is 1.39. The third-order valence-corrected chi connectivity index (χ3v) is 15.1. The minimum absolute atomic E-state index is 0.185. The standard InChI is InChI=1S/C67H74B2N2O/c1-39(2)52-24-19-25-53(40(3)4)64(52)49-32-33-70-61(37-49)48-22-18-23-51(35-48)72-63-38-50(62-34-45(13)46(14)47(15)71-62)36-60-67(63)69(66-56(43(9)10)28-21-29-57(66)44(11)12)59-31-17-16-30-58(59)68(60)65-54(41(5)6)26-20-27-55(65)42(7)8/h16-44H,1-15H3/i14D3,15D3. The Morgan fingerprint density at radius 2 is 0.972 bits per heavy atom. The first-order valence-electron chi connectivity index (χ1n) is 29.3. The van der Waals surface area contributed by atoms with Gasteiger partial charge < -0.3 is 4.74 Å². The molecule has 0 saturated carbocycles. The summed E-state index contributed by atoms with van der Waals surface area (Å²) in [7, 11) is 0. The number of ether oxygens (including phenoxy) is 1. The van der Waals surface area contributed by atoms with Crippen molar-refractivity contribution < 1.29 is 13.0 Å². The first kappa shape index (κ1) is 43.2. The van der Waals surface area contributed by atoms with Crippen molar-refractivity contribution in [1.29, 1.82) is 0 Å². The minimum atomic E-state index is -2.81. The molecule has 9 rings (SSSR count). The lowest BCUT2D eigenvalue weighted by molar-refractivity contribution is 0.487. The monoisotopic (exact) mass is 951 g/mol. The van der Waals surface area contributed by atoms with Gasteiger partial charge in [-0.15, -0.1) is 0 Å². The third-order valence-electron chi connectivity index (χ3n) is 15.1. The largest absolute Gasteiger partial charge is 0.458 e. The molecule has 8 aromatic rings. The Morgan fingerprint density at radius 1 is 0.444 bits per heavy atom. The van der Waals surface area contributed by atoms with Crippen LogP contribution in [0.15, 0.2) is 140 Å². The van der Waals surface area contributed by atoms with E-state index in [4.69, 9.17) is 22.9 Å². The van der Waals surface area contributed by atoms with Crippen LogP contribution in [0.5, 0.6) is 11.5 Å². The number of hydrogen-bond acceptors (Lipinski definition) is 3. The van der Waals surface area contributed by atoms with Crippen LogP contribution >= 0.6 is 0 Å². The van der Waals surface area contributed by atoms with Crippen molar-refractivity contribution in [1.82, 2.24) is 9.97 Å². The van der Waals surface area contributed by atoms with E-state index in [0.29, 0.717) is 40.2 Å². The molecule has 0 N–H and O–H groups in total. The van der Waals surface area contributed by atoms with Crippen molar-refractivity contribution in [3.8, 4) is 45.1 Å². The number of hydrogen-bond donors (Lipinski definition) is 0. The van der Waals surface area contributed by atoms with Gasteiger partial charge in [-0.3, -0.25) is 9.97 Å². The number of fused-ring (bicyclic) bond motifs is 2. The number of nitrogens with zero attached hydrogens (tertiary/aromatic N) is 2. The van der Waals surface area contributed by atoms with Crippen LogP contribution in [0.4, 0.5) is 0 Å². The van der Waals surface area contributed by atoms with Gasteiger partial charge >= 0.3 is 0 Å². The molecular weight excluding hydrogens is 870 g/mol. The van der Waals surface area contributed by atoms with Gasteiger partial charge in [0.25, 0.3) is 0 Å². The molecule has 0 bridgehead atoms. The molecule has 0 saturated heterocycles. The fourth-order valence-corrected chi connectivity index (χ4v) is 11.6. The van der Waals surface area contributed by atoms with Crippen LogP contribution in [-0.2, 0) is 0 Å². The van der Waals surface area contributed by atoms with Gasteiger partial charge in [-0.1, -0.05) is 207 Å². The van der Waals surface area contributed by atoms with Crippen LogP contribution in [0.25, 0.3) is 33.6 Å². The molecule has 364 valence electrons. The van der Waals surface area contributed by atoms with Crippen LogP contribution in [-0.4, -0.2) is 23.4 Å². The summed E-state index contributed by atoms with van der Waals surface area (Å²) in [6.45, 7) is 22.7. The highest BCUT2D eigenvalue weighted by molar-refractivity contribution is 7.12. The number of rotatable bonds is 13. The maximum absolute atomic E-state index is 8.68. The normalized spacial score (nSPS) is 14.1. The summed E-state index contributed by atoms with van der Waals surface area (Å²) < 4.78 is 59.1. The molecule has 0 aliphatic carbocycles. The van der Waals surface area contributed by atoms with Crippen LogP contribution in [0, 0.1) is 20.6 Å². The van der Waals surface area contributed by atoms with Gasteiger partial charge in [0, 0.05) is 31.2 Å². The highest BCUT2D eigenvalue weighted by Gasteiger charge is 2.44. The summed E-state index contributed by atoms with van der Waals surface area (Å²) >= 11 is 0. The van der Waals surface area contributed by atoms with Crippen molar-refractivity contribution in [2.45, 2.75) is 139 Å². The lowest BCUT2D eigenvalue weighted by Crippen LogP contribution is -2.76. The first-order valence-corrected chi connectivity index (χ1v) is 26.3. The molecule has 0 amide bonds. The van der Waals surface area contributed by atoms with Crippen molar-refractivity contribution in [2.24, 2.45) is 0 Å². The van der Waals surface area contributed by atoms with Crippen molar-refractivity contribution in [3.63, 3.8) is 0 Å². The Labute approximate surface area is 441 Å². The second-order valence-corrected chi connectivity index (χ2v) is 22.0. The Morgan fingerprint density at radius 3 is 1.51 bits per heavy atom. The zero-order chi connectivity index (χ0) is 56.3. The smallest absolute Gasteiger partial charge is 0.245 e. The summed E-state index contributed by atoms with van der Waals surface area (Å²) in [6, 6.07) is 47.5. The molecule has 1 aliphatic heterocycles. The van der Waals surface area contributed by atoms with Gasteiger partial charge in [0.05, 0.1) is 11.4 Å². The summed E-state index contributed by atoms with van der Waals surface area (Å²) in [5.74, 6) is 2.61. The molecule has 6 aromatic carbocycles. The third kappa shape index (κ3) is 9.41. The quantitative estimate of drug-likeness (QED) is 0.108. The van der Waals surface area contributed by atoms with E-state index < -0.39 is 19.4 Å². The average molecular weight is 951 g/mol. The Kier molecular flexibility index (Phi) is 12.3. The maximum Gasteiger partial charge on any atom is 0.245 e. The molecule has 0 fully saturated rings. The minimum Gasteiger partial charge on any atom is -0.458 e. The van der Waals surface area contributed by atoms with E-state index in [1.54, 1.807) is 13.0 Å². The highest BCUT2D eigenvalue weighted by atomic mass is 16.5. The first-order chi connectivity index (χ1) is 36.9. The number of aryl methyl sites for hydroxylation is 2. The number of benzene rings is 6. The molecule has 0 atom stereocenters. The number of pyridine rings is 2. The lowest BCUT2D eigenvalue weighted by atomic mass is 9.19. The summed E-state index contributed by atoms with van der Waals surface area (Å²) in [5, 5.41) is 0. The van der Waals surface area contributed by atoms with Crippen LogP contribution in [0.1, 0.15) is 177 Å². The highest BCUT2D eigenvalue weighted by Crippen LogP contribution is 2.38. The predicted molar refractivity (Wildman–Crippen MR) is 312 cm³/mol. The van der Waals surface area contributed by atoms with Gasteiger partial charge in [-0.2, -0.15) is 0 Å². The van der Waals surface area contributed by atoms with E-state index in [1.807, 2.05) is 24.4 Å². The SMILES string of the molecule is [2H]C([2H])([2H])c1nc(-c2cc(Oc3cccc(-c4cc(-c5c(C(C)C)cccc5C(C)C)ccn4)c3)c3c(c2)B(c2c(C(C)C)cccc2C(C)C)c2ccccc2B3c2c(C(C)C)cccc2C(C)C)cc(C)c1C([2H])([2H])[2H]. The van der Waals surface area contributed by atoms with E-state index in [0.717, 1.165) is 27.7 Å².